The number of halogens is 3. The molecule has 10 heteroatoms. The summed E-state index contributed by atoms with van der Waals surface area (Å²) in [5.41, 5.74) is 2.13. The van der Waals surface area contributed by atoms with Gasteiger partial charge in [0.2, 0.25) is 5.91 Å². The number of anilines is 1. The Morgan fingerprint density at radius 3 is 2.77 bits per heavy atom. The highest BCUT2D eigenvalue weighted by molar-refractivity contribution is 6.01. The van der Waals surface area contributed by atoms with Gasteiger partial charge in [-0.15, -0.1) is 0 Å². The van der Waals surface area contributed by atoms with E-state index in [4.69, 9.17) is 4.74 Å². The maximum atomic E-state index is 12.8. The minimum absolute atomic E-state index is 0.0149. The molecule has 2 aliphatic rings. The quantitative estimate of drug-likeness (QED) is 0.776. The molecule has 1 N–H and O–H groups in total. The molecule has 2 amide bonds. The maximum absolute atomic E-state index is 12.8. The molecular formula is C20H19F3N4O3. The lowest BCUT2D eigenvalue weighted by atomic mass is 10.1. The minimum Gasteiger partial charge on any atom is -0.482 e. The topological polar surface area (TPSA) is 84.4 Å². The van der Waals surface area contributed by atoms with Gasteiger partial charge in [-0.2, -0.15) is 13.2 Å². The number of ether oxygens (including phenoxy) is 1. The third-order valence-electron chi connectivity index (χ3n) is 4.98. The van der Waals surface area contributed by atoms with Crippen molar-refractivity contribution in [2.45, 2.75) is 39.0 Å². The summed E-state index contributed by atoms with van der Waals surface area (Å²) in [5.74, 6) is 0.141. The molecule has 1 aliphatic heterocycles. The van der Waals surface area contributed by atoms with Crippen molar-refractivity contribution in [2.75, 3.05) is 11.9 Å². The number of nitrogens with one attached hydrogen (secondary N) is 1. The smallest absolute Gasteiger partial charge is 0.422 e. The Morgan fingerprint density at radius 2 is 2.10 bits per heavy atom. The van der Waals surface area contributed by atoms with Crippen LogP contribution in [0.3, 0.4) is 0 Å². The molecule has 1 aliphatic carbocycles. The van der Waals surface area contributed by atoms with Gasteiger partial charge in [-0.3, -0.25) is 14.6 Å². The number of alkyl halides is 3. The molecular weight excluding hydrogens is 401 g/mol. The second kappa shape index (κ2) is 7.58. The number of aryl methyl sites for hydroxylation is 1. The summed E-state index contributed by atoms with van der Waals surface area (Å²) in [6, 6.07) is 3.20. The van der Waals surface area contributed by atoms with Gasteiger partial charge in [-0.05, 0) is 37.5 Å². The molecule has 158 valence electrons. The van der Waals surface area contributed by atoms with E-state index in [1.165, 1.54) is 12.4 Å². The number of aromatic nitrogens is 2. The highest BCUT2D eigenvalue weighted by Gasteiger charge is 2.34. The lowest BCUT2D eigenvalue weighted by molar-refractivity contribution is -0.153. The van der Waals surface area contributed by atoms with Crippen LogP contribution in [0, 0.1) is 12.8 Å². The molecule has 0 atom stereocenters. The van der Waals surface area contributed by atoms with E-state index in [0.29, 0.717) is 28.2 Å². The van der Waals surface area contributed by atoms with Crippen molar-refractivity contribution >= 4 is 17.6 Å². The Balaban J connectivity index is 1.46. The number of rotatable bonds is 6. The molecule has 7 nitrogen and oxygen atoms in total. The van der Waals surface area contributed by atoms with Crippen molar-refractivity contribution in [3.8, 4) is 5.75 Å². The van der Waals surface area contributed by atoms with Crippen LogP contribution in [0.25, 0.3) is 0 Å². The highest BCUT2D eigenvalue weighted by Crippen LogP contribution is 2.33. The van der Waals surface area contributed by atoms with Crippen LogP contribution in [-0.2, 0) is 17.9 Å². The number of hydrogen-bond acceptors (Lipinski definition) is 5. The molecule has 30 heavy (non-hydrogen) atoms. The largest absolute Gasteiger partial charge is 0.482 e. The molecule has 0 saturated heterocycles. The average Bonchev–Trinajstić information content (AvgIpc) is 3.47. The zero-order chi connectivity index (χ0) is 21.5. The Labute approximate surface area is 170 Å². The normalized spacial score (nSPS) is 15.9. The highest BCUT2D eigenvalue weighted by atomic mass is 19.4. The van der Waals surface area contributed by atoms with Crippen LogP contribution in [0.1, 0.15) is 40.0 Å². The number of fused-ring (bicyclic) bond motifs is 1. The summed E-state index contributed by atoms with van der Waals surface area (Å²) in [6.07, 6.45) is 0.00359. The van der Waals surface area contributed by atoms with E-state index in [0.717, 1.165) is 12.8 Å². The van der Waals surface area contributed by atoms with E-state index in [-0.39, 0.29) is 36.6 Å². The Bertz CT molecular complexity index is 1010. The lowest BCUT2D eigenvalue weighted by Crippen LogP contribution is -2.24. The van der Waals surface area contributed by atoms with Crippen molar-refractivity contribution in [3.63, 3.8) is 0 Å². The molecule has 4 rings (SSSR count). The summed E-state index contributed by atoms with van der Waals surface area (Å²) >= 11 is 0. The van der Waals surface area contributed by atoms with Gasteiger partial charge in [-0.1, -0.05) is 0 Å². The van der Waals surface area contributed by atoms with E-state index >= 15 is 0 Å². The summed E-state index contributed by atoms with van der Waals surface area (Å²) in [4.78, 5) is 34.7. The van der Waals surface area contributed by atoms with Crippen LogP contribution in [0.2, 0.25) is 0 Å². The van der Waals surface area contributed by atoms with Gasteiger partial charge in [-0.25, -0.2) is 4.98 Å². The number of nitrogens with zero attached hydrogens (tertiary/aromatic N) is 3. The number of hydrogen-bond donors (Lipinski definition) is 1. The molecule has 3 heterocycles. The monoisotopic (exact) mass is 420 g/mol. The number of pyridine rings is 2. The van der Waals surface area contributed by atoms with Crippen LogP contribution in [0.15, 0.2) is 24.5 Å². The summed E-state index contributed by atoms with van der Waals surface area (Å²) < 4.78 is 41.8. The molecule has 0 spiro atoms. The van der Waals surface area contributed by atoms with E-state index in [1.54, 1.807) is 24.0 Å². The Hall–Kier alpha value is -3.17. The van der Waals surface area contributed by atoms with Crippen LogP contribution < -0.4 is 10.1 Å². The molecule has 0 radical (unpaired) electrons. The fourth-order valence-corrected chi connectivity index (χ4v) is 3.28. The first-order valence-electron chi connectivity index (χ1n) is 9.44. The average molecular weight is 420 g/mol. The van der Waals surface area contributed by atoms with Crippen molar-refractivity contribution in [3.05, 3.63) is 46.9 Å². The summed E-state index contributed by atoms with van der Waals surface area (Å²) in [6.45, 7) is 0.656. The third kappa shape index (κ3) is 4.37. The SMILES string of the molecule is Cc1cc(CN2Cc3c(ccnc3NC(=O)C3CC3)C2=O)ncc1OCC(F)(F)F. The van der Waals surface area contributed by atoms with Crippen molar-refractivity contribution < 1.29 is 27.5 Å². The molecule has 0 unspecified atom stereocenters. The number of carbonyl (C=O) groups excluding carboxylic acids is 2. The van der Waals surface area contributed by atoms with Gasteiger partial charge in [0.1, 0.15) is 11.6 Å². The molecule has 2 aromatic rings. The number of amides is 2. The van der Waals surface area contributed by atoms with Crippen molar-refractivity contribution in [1.29, 1.82) is 0 Å². The van der Waals surface area contributed by atoms with Gasteiger partial charge in [0.05, 0.1) is 25.0 Å². The van der Waals surface area contributed by atoms with Crippen LogP contribution in [0.5, 0.6) is 5.75 Å². The van der Waals surface area contributed by atoms with Crippen LogP contribution in [0.4, 0.5) is 19.0 Å². The molecule has 0 bridgehead atoms. The van der Waals surface area contributed by atoms with Crippen LogP contribution >= 0.6 is 0 Å². The van der Waals surface area contributed by atoms with Crippen molar-refractivity contribution in [2.24, 2.45) is 5.92 Å². The van der Waals surface area contributed by atoms with Gasteiger partial charge in [0.15, 0.2) is 6.61 Å². The zero-order valence-corrected chi connectivity index (χ0v) is 16.1. The van der Waals surface area contributed by atoms with Crippen LogP contribution in [-0.4, -0.2) is 39.5 Å². The van der Waals surface area contributed by atoms with E-state index in [1.807, 2.05) is 0 Å². The maximum Gasteiger partial charge on any atom is 0.422 e. The minimum atomic E-state index is -4.43. The Morgan fingerprint density at radius 1 is 1.33 bits per heavy atom. The Kier molecular flexibility index (Phi) is 5.08. The summed E-state index contributed by atoms with van der Waals surface area (Å²) in [5, 5.41) is 2.80. The van der Waals surface area contributed by atoms with E-state index in [2.05, 4.69) is 15.3 Å². The fourth-order valence-electron chi connectivity index (χ4n) is 3.28. The first-order chi connectivity index (χ1) is 14.2. The van der Waals surface area contributed by atoms with Gasteiger partial charge < -0.3 is 15.0 Å². The zero-order valence-electron chi connectivity index (χ0n) is 16.1. The second-order valence-electron chi connectivity index (χ2n) is 7.46. The molecule has 1 saturated carbocycles. The van der Waals surface area contributed by atoms with Gasteiger partial charge in [0, 0.05) is 23.2 Å². The predicted molar refractivity (Wildman–Crippen MR) is 99.7 cm³/mol. The van der Waals surface area contributed by atoms with Gasteiger partial charge in [0.25, 0.3) is 5.91 Å². The summed E-state index contributed by atoms with van der Waals surface area (Å²) in [7, 11) is 0. The first kappa shape index (κ1) is 20.1. The van der Waals surface area contributed by atoms with E-state index in [9.17, 15) is 22.8 Å². The molecule has 1 fully saturated rings. The standard InChI is InChI=1S/C20H19F3N4O3/c1-11-6-13(25-7-16(11)30-10-20(21,22)23)8-27-9-15-14(19(27)29)4-5-24-17(15)26-18(28)12-2-3-12/h4-7,12H,2-3,8-10H2,1H3,(H,24,26,28). The predicted octanol–water partition coefficient (Wildman–Crippen LogP) is 3.23. The first-order valence-corrected chi connectivity index (χ1v) is 9.44. The van der Waals surface area contributed by atoms with Gasteiger partial charge >= 0.3 is 6.18 Å². The lowest BCUT2D eigenvalue weighted by Gasteiger charge is -2.17. The molecule has 2 aromatic heterocycles. The second-order valence-corrected chi connectivity index (χ2v) is 7.46. The van der Waals surface area contributed by atoms with Crippen molar-refractivity contribution in [1.82, 2.24) is 14.9 Å². The molecule has 0 aromatic carbocycles. The number of carbonyl (C=O) groups is 2. The van der Waals surface area contributed by atoms with E-state index < -0.39 is 12.8 Å². The third-order valence-corrected chi connectivity index (χ3v) is 4.98. The fraction of sp³-hybridized carbons (Fsp3) is 0.400.